The standard InChI is InChI=1S/C19H22N2O3/c1-23-17-5-3-2-4-16(17)19(8-12-24-13-9-19)14-21-18(22)15-6-10-20-11-7-15/h2-7,10-11H,8-9,12-14H2,1H3,(H,21,22). The van der Waals surface area contributed by atoms with Gasteiger partial charge in [-0.2, -0.15) is 0 Å². The second-order valence-electron chi connectivity index (χ2n) is 6.01. The summed E-state index contributed by atoms with van der Waals surface area (Å²) in [4.78, 5) is 16.4. The molecular formula is C19H22N2O3. The lowest BCUT2D eigenvalue weighted by molar-refractivity contribution is 0.0479. The number of carbonyl (C=O) groups is 1. The molecule has 0 aliphatic carbocycles. The Bertz CT molecular complexity index is 682. The minimum atomic E-state index is -0.173. The largest absolute Gasteiger partial charge is 0.496 e. The summed E-state index contributed by atoms with van der Waals surface area (Å²) in [6.07, 6.45) is 4.95. The Morgan fingerprint density at radius 3 is 2.62 bits per heavy atom. The summed E-state index contributed by atoms with van der Waals surface area (Å²) in [5.41, 5.74) is 1.58. The topological polar surface area (TPSA) is 60.5 Å². The highest BCUT2D eigenvalue weighted by Gasteiger charge is 2.37. The molecule has 1 saturated heterocycles. The lowest BCUT2D eigenvalue weighted by Gasteiger charge is -2.38. The van der Waals surface area contributed by atoms with Gasteiger partial charge >= 0.3 is 0 Å². The first kappa shape index (κ1) is 16.5. The van der Waals surface area contributed by atoms with E-state index in [4.69, 9.17) is 9.47 Å². The molecule has 5 heteroatoms. The number of benzene rings is 1. The molecule has 0 saturated carbocycles. The summed E-state index contributed by atoms with van der Waals surface area (Å²) in [6, 6.07) is 11.5. The summed E-state index contributed by atoms with van der Waals surface area (Å²) in [5, 5.41) is 3.08. The van der Waals surface area contributed by atoms with Crippen molar-refractivity contribution in [2.75, 3.05) is 26.9 Å². The van der Waals surface area contributed by atoms with Crippen LogP contribution in [0.15, 0.2) is 48.8 Å². The maximum absolute atomic E-state index is 12.4. The molecule has 0 atom stereocenters. The van der Waals surface area contributed by atoms with Crippen LogP contribution < -0.4 is 10.1 Å². The number of carbonyl (C=O) groups excluding carboxylic acids is 1. The Labute approximate surface area is 142 Å². The average Bonchev–Trinajstić information content (AvgIpc) is 2.67. The molecule has 3 rings (SSSR count). The van der Waals surface area contributed by atoms with Crippen LogP contribution in [0.5, 0.6) is 5.75 Å². The van der Waals surface area contributed by atoms with Gasteiger partial charge in [0.1, 0.15) is 5.75 Å². The molecule has 1 aliphatic heterocycles. The van der Waals surface area contributed by atoms with Crippen molar-refractivity contribution in [3.63, 3.8) is 0 Å². The van der Waals surface area contributed by atoms with Gasteiger partial charge in [-0.25, -0.2) is 0 Å². The molecule has 5 nitrogen and oxygen atoms in total. The number of ether oxygens (including phenoxy) is 2. The summed E-state index contributed by atoms with van der Waals surface area (Å²) in [5.74, 6) is 0.774. The number of rotatable bonds is 5. The van der Waals surface area contributed by atoms with Crippen molar-refractivity contribution in [3.8, 4) is 5.75 Å². The first-order valence-corrected chi connectivity index (χ1v) is 8.15. The van der Waals surface area contributed by atoms with Gasteiger partial charge in [-0.05, 0) is 31.0 Å². The highest BCUT2D eigenvalue weighted by atomic mass is 16.5. The fraction of sp³-hybridized carbons (Fsp3) is 0.368. The highest BCUT2D eigenvalue weighted by molar-refractivity contribution is 5.94. The quantitative estimate of drug-likeness (QED) is 0.917. The van der Waals surface area contributed by atoms with Gasteiger partial charge in [0, 0.05) is 48.7 Å². The summed E-state index contributed by atoms with van der Waals surface area (Å²) < 4.78 is 11.1. The van der Waals surface area contributed by atoms with E-state index in [1.165, 1.54) is 0 Å². The van der Waals surface area contributed by atoms with Crippen LogP contribution in [-0.4, -0.2) is 37.8 Å². The zero-order chi connectivity index (χ0) is 16.8. The van der Waals surface area contributed by atoms with Gasteiger partial charge in [-0.3, -0.25) is 9.78 Å². The third-order valence-corrected chi connectivity index (χ3v) is 4.66. The lowest BCUT2D eigenvalue weighted by atomic mass is 9.73. The maximum Gasteiger partial charge on any atom is 0.251 e. The molecule has 1 fully saturated rings. The van der Waals surface area contributed by atoms with Crippen LogP contribution >= 0.6 is 0 Å². The Morgan fingerprint density at radius 2 is 1.92 bits per heavy atom. The van der Waals surface area contributed by atoms with Gasteiger partial charge < -0.3 is 14.8 Å². The smallest absolute Gasteiger partial charge is 0.251 e. The zero-order valence-electron chi connectivity index (χ0n) is 13.8. The molecule has 0 spiro atoms. The minimum absolute atomic E-state index is 0.0850. The molecule has 1 aromatic heterocycles. The summed E-state index contributed by atoms with van der Waals surface area (Å²) in [6.45, 7) is 1.92. The molecule has 1 N–H and O–H groups in total. The van der Waals surface area contributed by atoms with Gasteiger partial charge in [0.25, 0.3) is 5.91 Å². The van der Waals surface area contributed by atoms with Crippen molar-refractivity contribution in [1.29, 1.82) is 0 Å². The molecule has 2 heterocycles. The molecule has 1 aromatic carbocycles. The second-order valence-corrected chi connectivity index (χ2v) is 6.01. The third-order valence-electron chi connectivity index (χ3n) is 4.66. The van der Waals surface area contributed by atoms with E-state index in [9.17, 15) is 4.79 Å². The van der Waals surface area contributed by atoms with Crippen molar-refractivity contribution in [2.24, 2.45) is 0 Å². The van der Waals surface area contributed by atoms with Crippen LogP contribution in [0.25, 0.3) is 0 Å². The fourth-order valence-electron chi connectivity index (χ4n) is 3.24. The minimum Gasteiger partial charge on any atom is -0.496 e. The number of hydrogen-bond acceptors (Lipinski definition) is 4. The predicted molar refractivity (Wildman–Crippen MR) is 91.3 cm³/mol. The van der Waals surface area contributed by atoms with E-state index in [0.29, 0.717) is 25.3 Å². The van der Waals surface area contributed by atoms with Crippen molar-refractivity contribution < 1.29 is 14.3 Å². The van der Waals surface area contributed by atoms with Crippen molar-refractivity contribution in [2.45, 2.75) is 18.3 Å². The summed E-state index contributed by atoms with van der Waals surface area (Å²) in [7, 11) is 1.68. The lowest BCUT2D eigenvalue weighted by Crippen LogP contribution is -2.44. The highest BCUT2D eigenvalue weighted by Crippen LogP contribution is 2.39. The maximum atomic E-state index is 12.4. The van der Waals surface area contributed by atoms with Crippen LogP contribution in [0.2, 0.25) is 0 Å². The van der Waals surface area contributed by atoms with Gasteiger partial charge in [0.2, 0.25) is 0 Å². The van der Waals surface area contributed by atoms with Crippen LogP contribution in [-0.2, 0) is 10.2 Å². The molecule has 126 valence electrons. The summed E-state index contributed by atoms with van der Waals surface area (Å²) >= 11 is 0. The number of aromatic nitrogens is 1. The van der Waals surface area contributed by atoms with Gasteiger partial charge in [-0.15, -0.1) is 0 Å². The van der Waals surface area contributed by atoms with Gasteiger partial charge in [0.15, 0.2) is 0 Å². The van der Waals surface area contributed by atoms with E-state index in [-0.39, 0.29) is 11.3 Å². The van der Waals surface area contributed by atoms with Crippen molar-refractivity contribution in [3.05, 3.63) is 59.9 Å². The third kappa shape index (κ3) is 3.41. The molecule has 0 bridgehead atoms. The number of methoxy groups -OCH3 is 1. The molecule has 1 aliphatic rings. The second kappa shape index (κ2) is 7.45. The molecular weight excluding hydrogens is 304 g/mol. The predicted octanol–water partition coefficient (Wildman–Crippen LogP) is 2.57. The Balaban J connectivity index is 1.83. The molecule has 1 amide bonds. The van der Waals surface area contributed by atoms with E-state index < -0.39 is 0 Å². The van der Waals surface area contributed by atoms with Crippen LogP contribution in [0.4, 0.5) is 0 Å². The zero-order valence-corrected chi connectivity index (χ0v) is 13.8. The number of hydrogen-bond donors (Lipinski definition) is 1. The van der Waals surface area contributed by atoms with Crippen LogP contribution in [0, 0.1) is 0 Å². The number of amides is 1. The first-order valence-electron chi connectivity index (χ1n) is 8.15. The fourth-order valence-corrected chi connectivity index (χ4v) is 3.24. The first-order chi connectivity index (χ1) is 11.7. The van der Waals surface area contributed by atoms with E-state index in [0.717, 1.165) is 24.2 Å². The van der Waals surface area contributed by atoms with E-state index in [1.54, 1.807) is 31.6 Å². The Hall–Kier alpha value is -2.40. The molecule has 2 aromatic rings. The molecule has 0 radical (unpaired) electrons. The number of nitrogens with one attached hydrogen (secondary N) is 1. The van der Waals surface area contributed by atoms with Crippen LogP contribution in [0.1, 0.15) is 28.8 Å². The number of para-hydroxylation sites is 1. The van der Waals surface area contributed by atoms with Crippen molar-refractivity contribution >= 4 is 5.91 Å². The van der Waals surface area contributed by atoms with Gasteiger partial charge in [-0.1, -0.05) is 18.2 Å². The average molecular weight is 326 g/mol. The monoisotopic (exact) mass is 326 g/mol. The van der Waals surface area contributed by atoms with E-state index in [1.807, 2.05) is 18.2 Å². The Morgan fingerprint density at radius 1 is 1.21 bits per heavy atom. The Kier molecular flexibility index (Phi) is 5.11. The van der Waals surface area contributed by atoms with Crippen molar-refractivity contribution in [1.82, 2.24) is 10.3 Å². The molecule has 24 heavy (non-hydrogen) atoms. The molecule has 0 unspecified atom stereocenters. The van der Waals surface area contributed by atoms with Gasteiger partial charge in [0.05, 0.1) is 7.11 Å². The van der Waals surface area contributed by atoms with E-state index >= 15 is 0 Å². The van der Waals surface area contributed by atoms with Crippen LogP contribution in [0.3, 0.4) is 0 Å². The number of pyridine rings is 1. The SMILES string of the molecule is COc1ccccc1C1(CNC(=O)c2ccncc2)CCOCC1. The van der Waals surface area contributed by atoms with E-state index in [2.05, 4.69) is 16.4 Å². The number of nitrogens with zero attached hydrogens (tertiary/aromatic N) is 1. The normalized spacial score (nSPS) is 16.4.